The molecule has 1 aromatic carbocycles. The quantitative estimate of drug-likeness (QED) is 0.774. The molecular formula is C15H24O. The van der Waals surface area contributed by atoms with E-state index in [-0.39, 0.29) is 6.61 Å². The fourth-order valence-corrected chi connectivity index (χ4v) is 2.17. The Balaban J connectivity index is 2.75. The topological polar surface area (TPSA) is 20.2 Å². The van der Waals surface area contributed by atoms with Crippen LogP contribution >= 0.6 is 0 Å². The Kier molecular flexibility index (Phi) is 5.54. The van der Waals surface area contributed by atoms with Gasteiger partial charge in [-0.2, -0.15) is 0 Å². The molecular weight excluding hydrogens is 196 g/mol. The first-order valence-electron chi connectivity index (χ1n) is 6.37. The van der Waals surface area contributed by atoms with Crippen LogP contribution in [0.1, 0.15) is 50.7 Å². The van der Waals surface area contributed by atoms with Crippen LogP contribution in [0.4, 0.5) is 0 Å². The van der Waals surface area contributed by atoms with Gasteiger partial charge in [0.05, 0.1) is 0 Å². The van der Waals surface area contributed by atoms with Crippen molar-refractivity contribution in [3.05, 3.63) is 35.4 Å². The predicted molar refractivity (Wildman–Crippen MR) is 69.7 cm³/mol. The monoisotopic (exact) mass is 220 g/mol. The summed E-state index contributed by atoms with van der Waals surface area (Å²) in [7, 11) is 0. The molecule has 0 aliphatic heterocycles. The average Bonchev–Trinajstić information content (AvgIpc) is 2.28. The van der Waals surface area contributed by atoms with E-state index in [1.165, 1.54) is 11.1 Å². The standard InChI is InChI=1S/C15H24O/c1-4-13-5-7-14(8-6-13)15(9-10-16)11-12(2)3/h5-8,12,15-16H,4,9-11H2,1-3H3. The van der Waals surface area contributed by atoms with Crippen molar-refractivity contribution in [3.63, 3.8) is 0 Å². The summed E-state index contributed by atoms with van der Waals surface area (Å²) >= 11 is 0. The van der Waals surface area contributed by atoms with Crippen molar-refractivity contribution < 1.29 is 5.11 Å². The lowest BCUT2D eigenvalue weighted by atomic mass is 9.87. The number of aliphatic hydroxyl groups excluding tert-OH is 1. The van der Waals surface area contributed by atoms with E-state index in [9.17, 15) is 0 Å². The van der Waals surface area contributed by atoms with Gasteiger partial charge in [-0.05, 0) is 42.2 Å². The molecule has 0 amide bonds. The number of rotatable bonds is 6. The molecule has 16 heavy (non-hydrogen) atoms. The average molecular weight is 220 g/mol. The normalized spacial score (nSPS) is 13.1. The van der Waals surface area contributed by atoms with Crippen LogP contribution in [0.3, 0.4) is 0 Å². The molecule has 0 radical (unpaired) electrons. The van der Waals surface area contributed by atoms with Crippen LogP contribution in [-0.2, 0) is 6.42 Å². The second-order valence-electron chi connectivity index (χ2n) is 4.93. The van der Waals surface area contributed by atoms with Crippen LogP contribution in [0.5, 0.6) is 0 Å². The largest absolute Gasteiger partial charge is 0.396 e. The molecule has 0 saturated heterocycles. The Morgan fingerprint density at radius 3 is 2.19 bits per heavy atom. The molecule has 0 aromatic heterocycles. The van der Waals surface area contributed by atoms with Crippen LogP contribution in [0.2, 0.25) is 0 Å². The lowest BCUT2D eigenvalue weighted by Gasteiger charge is -2.18. The third-order valence-corrected chi connectivity index (χ3v) is 3.09. The molecule has 1 unspecified atom stereocenters. The van der Waals surface area contributed by atoms with Crippen molar-refractivity contribution in [1.29, 1.82) is 0 Å². The van der Waals surface area contributed by atoms with Crippen LogP contribution in [-0.4, -0.2) is 11.7 Å². The molecule has 0 aliphatic rings. The molecule has 1 atom stereocenters. The molecule has 0 spiro atoms. The van der Waals surface area contributed by atoms with Crippen LogP contribution in [0, 0.1) is 5.92 Å². The van der Waals surface area contributed by atoms with Crippen molar-refractivity contribution >= 4 is 0 Å². The summed E-state index contributed by atoms with van der Waals surface area (Å²) in [6.07, 6.45) is 3.13. The van der Waals surface area contributed by atoms with Crippen LogP contribution in [0.15, 0.2) is 24.3 Å². The Labute approximate surface area is 99.5 Å². The number of hydrogen-bond donors (Lipinski definition) is 1. The highest BCUT2D eigenvalue weighted by Crippen LogP contribution is 2.27. The number of benzene rings is 1. The summed E-state index contributed by atoms with van der Waals surface area (Å²) in [5.41, 5.74) is 2.76. The van der Waals surface area contributed by atoms with E-state index in [4.69, 9.17) is 5.11 Å². The molecule has 90 valence electrons. The number of hydrogen-bond acceptors (Lipinski definition) is 1. The van der Waals surface area contributed by atoms with Gasteiger partial charge in [0.25, 0.3) is 0 Å². The minimum atomic E-state index is 0.285. The van der Waals surface area contributed by atoms with Gasteiger partial charge in [0.2, 0.25) is 0 Å². The zero-order chi connectivity index (χ0) is 12.0. The first kappa shape index (κ1) is 13.2. The third kappa shape index (κ3) is 3.97. The maximum absolute atomic E-state index is 9.11. The summed E-state index contributed by atoms with van der Waals surface area (Å²) in [5, 5.41) is 9.11. The van der Waals surface area contributed by atoms with Gasteiger partial charge in [0.1, 0.15) is 0 Å². The molecule has 1 heteroatoms. The molecule has 1 rings (SSSR count). The van der Waals surface area contributed by atoms with E-state index >= 15 is 0 Å². The van der Waals surface area contributed by atoms with Gasteiger partial charge in [0, 0.05) is 6.61 Å². The van der Waals surface area contributed by atoms with Gasteiger partial charge in [-0.1, -0.05) is 45.0 Å². The van der Waals surface area contributed by atoms with Gasteiger partial charge in [-0.3, -0.25) is 0 Å². The van der Waals surface area contributed by atoms with E-state index in [0.29, 0.717) is 11.8 Å². The molecule has 0 heterocycles. The smallest absolute Gasteiger partial charge is 0.0436 e. The lowest BCUT2D eigenvalue weighted by Crippen LogP contribution is -2.05. The molecule has 0 bridgehead atoms. The fourth-order valence-electron chi connectivity index (χ4n) is 2.17. The highest BCUT2D eigenvalue weighted by atomic mass is 16.3. The predicted octanol–water partition coefficient (Wildman–Crippen LogP) is 3.76. The van der Waals surface area contributed by atoms with Gasteiger partial charge in [-0.25, -0.2) is 0 Å². The van der Waals surface area contributed by atoms with Crippen molar-refractivity contribution in [2.45, 2.75) is 46.0 Å². The molecule has 0 fully saturated rings. The summed E-state index contributed by atoms with van der Waals surface area (Å²) < 4.78 is 0. The molecule has 1 N–H and O–H groups in total. The number of aryl methyl sites for hydroxylation is 1. The minimum Gasteiger partial charge on any atom is -0.396 e. The van der Waals surface area contributed by atoms with Crippen molar-refractivity contribution in [3.8, 4) is 0 Å². The first-order valence-corrected chi connectivity index (χ1v) is 6.37. The van der Waals surface area contributed by atoms with Gasteiger partial charge in [0.15, 0.2) is 0 Å². The highest BCUT2D eigenvalue weighted by Gasteiger charge is 2.12. The maximum atomic E-state index is 9.11. The second-order valence-corrected chi connectivity index (χ2v) is 4.93. The Morgan fingerprint density at radius 2 is 1.75 bits per heavy atom. The molecule has 0 saturated carbocycles. The molecule has 1 nitrogen and oxygen atoms in total. The van der Waals surface area contributed by atoms with E-state index in [1.807, 2.05) is 0 Å². The Morgan fingerprint density at radius 1 is 1.12 bits per heavy atom. The van der Waals surface area contributed by atoms with Crippen molar-refractivity contribution in [1.82, 2.24) is 0 Å². The second kappa shape index (κ2) is 6.70. The van der Waals surface area contributed by atoms with E-state index in [1.54, 1.807) is 0 Å². The zero-order valence-corrected chi connectivity index (χ0v) is 10.7. The van der Waals surface area contributed by atoms with Crippen LogP contribution < -0.4 is 0 Å². The summed E-state index contributed by atoms with van der Waals surface area (Å²) in [6.45, 7) is 6.94. The van der Waals surface area contributed by atoms with E-state index in [0.717, 1.165) is 19.3 Å². The van der Waals surface area contributed by atoms with E-state index < -0.39 is 0 Å². The summed E-state index contributed by atoms with van der Waals surface area (Å²) in [5.74, 6) is 1.19. The Hall–Kier alpha value is -0.820. The third-order valence-electron chi connectivity index (χ3n) is 3.09. The lowest BCUT2D eigenvalue weighted by molar-refractivity contribution is 0.267. The SMILES string of the molecule is CCc1ccc(C(CCO)CC(C)C)cc1. The number of aliphatic hydroxyl groups is 1. The maximum Gasteiger partial charge on any atom is 0.0436 e. The Bertz CT molecular complexity index is 287. The van der Waals surface area contributed by atoms with Gasteiger partial charge < -0.3 is 5.11 Å². The summed E-state index contributed by atoms with van der Waals surface area (Å²) in [6, 6.07) is 8.86. The first-order chi connectivity index (χ1) is 7.67. The molecule has 1 aromatic rings. The minimum absolute atomic E-state index is 0.285. The molecule has 0 aliphatic carbocycles. The van der Waals surface area contributed by atoms with Gasteiger partial charge in [-0.15, -0.1) is 0 Å². The summed E-state index contributed by atoms with van der Waals surface area (Å²) in [4.78, 5) is 0. The highest BCUT2D eigenvalue weighted by molar-refractivity contribution is 5.25. The zero-order valence-electron chi connectivity index (χ0n) is 10.7. The van der Waals surface area contributed by atoms with Crippen molar-refractivity contribution in [2.75, 3.05) is 6.61 Å². The van der Waals surface area contributed by atoms with Crippen molar-refractivity contribution in [2.24, 2.45) is 5.92 Å². The van der Waals surface area contributed by atoms with Crippen LogP contribution in [0.25, 0.3) is 0 Å². The van der Waals surface area contributed by atoms with E-state index in [2.05, 4.69) is 45.0 Å². The van der Waals surface area contributed by atoms with Gasteiger partial charge >= 0.3 is 0 Å². The fraction of sp³-hybridized carbons (Fsp3) is 0.600.